The van der Waals surface area contributed by atoms with Gasteiger partial charge in [0.25, 0.3) is 5.91 Å². The Morgan fingerprint density at radius 2 is 1.81 bits per heavy atom. The first kappa shape index (κ1) is 38.9. The van der Waals surface area contributed by atoms with Crippen molar-refractivity contribution in [2.45, 2.75) is 129 Å². The number of fused-ring (bicyclic) bond motifs is 1. The third-order valence-corrected chi connectivity index (χ3v) is 9.90. The second kappa shape index (κ2) is 15.3. The maximum atomic E-state index is 14.5. The Kier molecular flexibility index (Phi) is 11.5. The lowest BCUT2D eigenvalue weighted by molar-refractivity contribution is -0.143. The maximum absolute atomic E-state index is 14.5. The molecule has 0 radical (unpaired) electrons. The lowest BCUT2D eigenvalue weighted by Crippen LogP contribution is -2.61. The lowest BCUT2D eigenvalue weighted by Gasteiger charge is -2.36. The number of nitrogens with one attached hydrogen (secondary N) is 4. The fraction of sp³-hybridized carbons (Fsp3) is 0.639. The summed E-state index contributed by atoms with van der Waals surface area (Å²) in [6.45, 7) is 14.9. The Labute approximate surface area is 308 Å². The molecule has 5 atom stereocenters. The molecule has 2 fully saturated rings. The van der Waals surface area contributed by atoms with Crippen LogP contribution in [-0.2, 0) is 21.4 Å². The van der Waals surface area contributed by atoms with Crippen LogP contribution in [0.2, 0.25) is 0 Å². The van der Waals surface area contributed by atoms with Crippen LogP contribution in [0, 0.1) is 12.3 Å². The van der Waals surface area contributed by atoms with Crippen LogP contribution < -0.4 is 26.0 Å². The summed E-state index contributed by atoms with van der Waals surface area (Å²) in [6.07, 6.45) is 0.620. The van der Waals surface area contributed by atoms with Crippen LogP contribution >= 0.6 is 11.3 Å². The number of ether oxygens (including phenoxy) is 1. The van der Waals surface area contributed by atoms with Gasteiger partial charge < -0.3 is 36.0 Å². The molecule has 5 rings (SSSR count). The van der Waals surface area contributed by atoms with E-state index in [9.17, 15) is 24.3 Å². The molecule has 0 aromatic carbocycles. The standard InChI is InChI=1S/C36H53N9O6S/c1-10-11-22(26(46)31(48)37-20-12-13-20)39-30(47)25-17-21(18-45(25)33(49)28(35(3,4)5)40-34(50)42-36(6,7)8)51-32-27-23(14-15-52-27)38-29(41-32)24-16-19(2)43-44(24)9/h14-16,20-22,25-26,28,46H,10-13,17-18H2,1-9H3,(H,37,48)(H,39,47)(H2,40,42,50)/t21-,22+,25+,26?,28?/m1/s1. The van der Waals surface area contributed by atoms with Crippen molar-refractivity contribution in [3.8, 4) is 17.4 Å². The van der Waals surface area contributed by atoms with Crippen LogP contribution in [0.1, 0.15) is 86.3 Å². The molecular weight excluding hydrogens is 687 g/mol. The minimum atomic E-state index is -1.46. The number of rotatable bonds is 12. The second-order valence-electron chi connectivity index (χ2n) is 16.0. The number of amides is 5. The van der Waals surface area contributed by atoms with Crippen LogP contribution in [0.15, 0.2) is 17.5 Å². The predicted molar refractivity (Wildman–Crippen MR) is 198 cm³/mol. The molecule has 16 heteroatoms. The molecule has 5 amide bonds. The molecule has 15 nitrogen and oxygen atoms in total. The van der Waals surface area contributed by atoms with E-state index in [0.717, 1.165) is 18.5 Å². The SMILES string of the molecule is CCC[C@H](NC(=O)[C@@H]1C[C@@H](Oc2nc(-c3cc(C)nn3C)nc3ccsc23)CN1C(=O)C(NC(=O)NC(C)(C)C)C(C)(C)C)C(O)C(=O)NC1CC1. The van der Waals surface area contributed by atoms with Crippen molar-refractivity contribution < 1.29 is 29.0 Å². The van der Waals surface area contributed by atoms with E-state index in [1.165, 1.54) is 16.2 Å². The van der Waals surface area contributed by atoms with Gasteiger partial charge in [0, 0.05) is 25.0 Å². The van der Waals surface area contributed by atoms with Crippen molar-refractivity contribution in [1.82, 2.24) is 45.9 Å². The van der Waals surface area contributed by atoms with Crippen molar-refractivity contribution in [3.63, 3.8) is 0 Å². The Hall–Kier alpha value is -4.31. The number of urea groups is 1. The van der Waals surface area contributed by atoms with Gasteiger partial charge in [0.1, 0.15) is 28.6 Å². The summed E-state index contributed by atoms with van der Waals surface area (Å²) in [4.78, 5) is 65.6. The number of hydrogen-bond donors (Lipinski definition) is 5. The highest BCUT2D eigenvalue weighted by molar-refractivity contribution is 7.17. The number of aryl methyl sites for hydroxylation is 2. The maximum Gasteiger partial charge on any atom is 0.315 e. The average Bonchev–Trinajstić information content (AvgIpc) is 3.38. The van der Waals surface area contributed by atoms with Crippen molar-refractivity contribution in [3.05, 3.63) is 23.2 Å². The number of carbonyl (C=O) groups excluding carboxylic acids is 4. The minimum absolute atomic E-state index is 0.0201. The Balaban J connectivity index is 1.46. The van der Waals surface area contributed by atoms with Crippen LogP contribution in [0.4, 0.5) is 4.79 Å². The first-order valence-electron chi connectivity index (χ1n) is 18.0. The third-order valence-electron chi connectivity index (χ3n) is 9.01. The van der Waals surface area contributed by atoms with E-state index in [-0.39, 0.29) is 19.0 Å². The molecule has 1 saturated heterocycles. The zero-order chi connectivity index (χ0) is 38.1. The van der Waals surface area contributed by atoms with E-state index in [1.54, 1.807) is 4.68 Å². The van der Waals surface area contributed by atoms with Crippen LogP contribution in [-0.4, -0.2) is 102 Å². The number of thiophene rings is 1. The highest BCUT2D eigenvalue weighted by Crippen LogP contribution is 2.34. The zero-order valence-corrected chi connectivity index (χ0v) is 32.4. The molecule has 1 saturated carbocycles. The van der Waals surface area contributed by atoms with Crippen LogP contribution in [0.5, 0.6) is 5.88 Å². The van der Waals surface area contributed by atoms with E-state index in [2.05, 4.69) is 26.4 Å². The first-order valence-corrected chi connectivity index (χ1v) is 18.8. The minimum Gasteiger partial charge on any atom is -0.471 e. The first-order chi connectivity index (χ1) is 24.3. The smallest absolute Gasteiger partial charge is 0.315 e. The number of carbonyl (C=O) groups is 4. The number of likely N-dealkylation sites (tertiary alicyclic amines) is 1. The molecule has 0 spiro atoms. The molecule has 3 aromatic heterocycles. The van der Waals surface area contributed by atoms with Crippen LogP contribution in [0.3, 0.4) is 0 Å². The molecule has 3 aromatic rings. The highest BCUT2D eigenvalue weighted by Gasteiger charge is 2.47. The summed E-state index contributed by atoms with van der Waals surface area (Å²) in [5.74, 6) is -0.785. The van der Waals surface area contributed by atoms with Gasteiger partial charge in [-0.3, -0.25) is 19.1 Å². The number of aromatic nitrogens is 4. The van der Waals surface area contributed by atoms with Gasteiger partial charge >= 0.3 is 6.03 Å². The lowest BCUT2D eigenvalue weighted by atomic mass is 9.85. The Morgan fingerprint density at radius 1 is 1.10 bits per heavy atom. The van der Waals surface area contributed by atoms with Crippen molar-refractivity contribution in [2.75, 3.05) is 6.54 Å². The van der Waals surface area contributed by atoms with E-state index in [4.69, 9.17) is 14.7 Å². The van der Waals surface area contributed by atoms with Gasteiger partial charge in [-0.1, -0.05) is 34.1 Å². The number of hydrogen-bond acceptors (Lipinski definition) is 10. The molecule has 2 aliphatic rings. The van der Waals surface area contributed by atoms with Gasteiger partial charge in [0.15, 0.2) is 11.9 Å². The van der Waals surface area contributed by atoms with Gasteiger partial charge in [0.05, 0.1) is 23.8 Å². The number of nitrogens with zero attached hydrogens (tertiary/aromatic N) is 5. The summed E-state index contributed by atoms with van der Waals surface area (Å²) < 4.78 is 8.98. The fourth-order valence-electron chi connectivity index (χ4n) is 6.30. The van der Waals surface area contributed by atoms with Gasteiger partial charge in [0.2, 0.25) is 17.7 Å². The molecule has 1 aliphatic carbocycles. The van der Waals surface area contributed by atoms with Gasteiger partial charge in [-0.15, -0.1) is 11.3 Å². The third kappa shape index (κ3) is 9.37. The molecule has 0 bridgehead atoms. The number of aliphatic hydroxyl groups excluding tert-OH is 1. The topological polar surface area (TPSA) is 193 Å². The zero-order valence-electron chi connectivity index (χ0n) is 31.6. The van der Waals surface area contributed by atoms with Gasteiger partial charge in [-0.2, -0.15) is 10.1 Å². The molecule has 52 heavy (non-hydrogen) atoms. The quantitative estimate of drug-likeness (QED) is 0.186. The average molecular weight is 740 g/mol. The van der Waals surface area contributed by atoms with Crippen LogP contribution in [0.25, 0.3) is 21.7 Å². The molecule has 284 valence electrons. The molecule has 4 heterocycles. The van der Waals surface area contributed by atoms with Gasteiger partial charge in [-0.25, -0.2) is 9.78 Å². The predicted octanol–water partition coefficient (Wildman–Crippen LogP) is 3.19. The summed E-state index contributed by atoms with van der Waals surface area (Å²) in [7, 11) is 1.81. The summed E-state index contributed by atoms with van der Waals surface area (Å²) in [5.41, 5.74) is 0.910. The van der Waals surface area contributed by atoms with Gasteiger partial charge in [-0.05, 0) is 69.9 Å². The second-order valence-corrected chi connectivity index (χ2v) is 17.0. The van der Waals surface area contributed by atoms with E-state index in [1.807, 2.05) is 80.0 Å². The van der Waals surface area contributed by atoms with Crippen molar-refractivity contribution >= 4 is 45.3 Å². The van der Waals surface area contributed by atoms with E-state index < -0.39 is 65.0 Å². The summed E-state index contributed by atoms with van der Waals surface area (Å²) >= 11 is 1.42. The van der Waals surface area contributed by atoms with E-state index >= 15 is 0 Å². The summed E-state index contributed by atoms with van der Waals surface area (Å²) in [5, 5.41) is 28.7. The van der Waals surface area contributed by atoms with Crippen molar-refractivity contribution in [1.29, 1.82) is 0 Å². The van der Waals surface area contributed by atoms with E-state index in [0.29, 0.717) is 40.5 Å². The fourth-order valence-corrected chi connectivity index (χ4v) is 7.06. The molecule has 1 aliphatic heterocycles. The Morgan fingerprint density at radius 3 is 2.40 bits per heavy atom. The summed E-state index contributed by atoms with van der Waals surface area (Å²) in [6, 6.07) is 0.371. The Bertz CT molecular complexity index is 1790. The molecule has 5 N–H and O–H groups in total. The monoisotopic (exact) mass is 739 g/mol. The highest BCUT2D eigenvalue weighted by atomic mass is 32.1. The molecule has 2 unspecified atom stereocenters. The van der Waals surface area contributed by atoms with Crippen molar-refractivity contribution in [2.24, 2.45) is 12.5 Å². The largest absolute Gasteiger partial charge is 0.471 e. The molecular formula is C36H53N9O6S. The number of aliphatic hydroxyl groups is 1. The normalized spacial score (nSPS) is 19.5.